The van der Waals surface area contributed by atoms with E-state index in [2.05, 4.69) is 30.7 Å². The van der Waals surface area contributed by atoms with E-state index < -0.39 is 0 Å². The minimum Gasteiger partial charge on any atom is -0.338 e. The van der Waals surface area contributed by atoms with Gasteiger partial charge in [-0.25, -0.2) is 4.98 Å². The summed E-state index contributed by atoms with van der Waals surface area (Å²) in [6, 6.07) is 4.17. The van der Waals surface area contributed by atoms with E-state index in [0.29, 0.717) is 36.6 Å². The van der Waals surface area contributed by atoms with E-state index in [9.17, 15) is 4.79 Å². The summed E-state index contributed by atoms with van der Waals surface area (Å²) in [5.41, 5.74) is 3.36. The van der Waals surface area contributed by atoms with Gasteiger partial charge in [0.2, 0.25) is 5.89 Å². The van der Waals surface area contributed by atoms with Crippen molar-refractivity contribution in [2.24, 2.45) is 13.0 Å². The number of hydrogen-bond acceptors (Lipinski definition) is 7. The molecule has 2 bridgehead atoms. The lowest BCUT2D eigenvalue weighted by Gasteiger charge is -2.43. The Bertz CT molecular complexity index is 1130. The quantitative estimate of drug-likeness (QED) is 0.594. The van der Waals surface area contributed by atoms with Crippen molar-refractivity contribution in [1.29, 1.82) is 0 Å². The number of rotatable bonds is 6. The van der Waals surface area contributed by atoms with Crippen LogP contribution in [-0.4, -0.2) is 54.2 Å². The molecule has 0 aromatic carbocycles. The first-order valence-electron chi connectivity index (χ1n) is 10.8. The smallest absolute Gasteiger partial charge is 0.255 e. The molecule has 9 nitrogen and oxygen atoms in total. The third kappa shape index (κ3) is 4.07. The van der Waals surface area contributed by atoms with Gasteiger partial charge in [-0.05, 0) is 32.4 Å². The van der Waals surface area contributed by atoms with Crippen LogP contribution in [0.3, 0.4) is 0 Å². The second-order valence-electron chi connectivity index (χ2n) is 9.10. The fraction of sp³-hybridized carbons (Fsp3) is 0.545. The van der Waals surface area contributed by atoms with Crippen molar-refractivity contribution in [2.45, 2.75) is 45.4 Å². The summed E-state index contributed by atoms with van der Waals surface area (Å²) in [5.74, 6) is 2.11. The van der Waals surface area contributed by atoms with E-state index in [1.54, 1.807) is 6.92 Å². The summed E-state index contributed by atoms with van der Waals surface area (Å²) in [5, 5.41) is 3.83. The van der Waals surface area contributed by atoms with E-state index in [1.165, 1.54) is 11.4 Å². The van der Waals surface area contributed by atoms with E-state index in [4.69, 9.17) is 4.52 Å². The first-order valence-corrected chi connectivity index (χ1v) is 10.8. The Hall–Kier alpha value is -2.78. The highest BCUT2D eigenvalue weighted by Gasteiger charge is 2.35. The molecule has 0 aliphatic carbocycles. The average molecular weight is 424 g/mol. The fourth-order valence-electron chi connectivity index (χ4n) is 5.09. The summed E-state index contributed by atoms with van der Waals surface area (Å²) in [7, 11) is 4.01. The predicted molar refractivity (Wildman–Crippen MR) is 114 cm³/mol. The maximum absolute atomic E-state index is 13.3. The Kier molecular flexibility index (Phi) is 5.23. The molecule has 2 aliphatic rings. The Morgan fingerprint density at radius 1 is 1.23 bits per heavy atom. The molecule has 0 N–H and O–H groups in total. The van der Waals surface area contributed by atoms with Crippen molar-refractivity contribution in [1.82, 2.24) is 34.1 Å². The van der Waals surface area contributed by atoms with Gasteiger partial charge in [0.25, 0.3) is 5.56 Å². The Balaban J connectivity index is 1.31. The lowest BCUT2D eigenvalue weighted by atomic mass is 9.83. The highest BCUT2D eigenvalue weighted by molar-refractivity contribution is 5.22. The molecular weight excluding hydrogens is 394 g/mol. The Morgan fingerprint density at radius 2 is 2.10 bits per heavy atom. The minimum atomic E-state index is 0.140. The average Bonchev–Trinajstić information content (AvgIpc) is 3.32. The topological polar surface area (TPSA) is 85.2 Å². The van der Waals surface area contributed by atoms with Gasteiger partial charge in [0.05, 0.1) is 18.6 Å². The lowest BCUT2D eigenvalue weighted by molar-refractivity contribution is 0.112. The molecule has 5 heterocycles. The number of likely N-dealkylation sites (tertiary alicyclic amines) is 1. The number of fused-ring (bicyclic) bond motifs is 4. The fourth-order valence-corrected chi connectivity index (χ4v) is 5.09. The van der Waals surface area contributed by atoms with Crippen LogP contribution in [-0.2, 0) is 33.2 Å². The maximum Gasteiger partial charge on any atom is 0.255 e. The molecule has 164 valence electrons. The second kappa shape index (κ2) is 8.05. The van der Waals surface area contributed by atoms with E-state index >= 15 is 0 Å². The van der Waals surface area contributed by atoms with Crippen LogP contribution < -0.4 is 5.56 Å². The molecule has 3 aromatic rings. The molecule has 2 aliphatic heterocycles. The monoisotopic (exact) mass is 423 g/mol. The van der Waals surface area contributed by atoms with Gasteiger partial charge in [0.15, 0.2) is 5.82 Å². The highest BCUT2D eigenvalue weighted by Crippen LogP contribution is 2.35. The zero-order chi connectivity index (χ0) is 21.5. The number of aromatic nitrogens is 5. The SMILES string of the molecule is Cc1noc(CN(C)Cc2ccc3n(c2=O)C[C@H]2C[C@@H]3CN(Cc3cncn3C)C2)n1. The van der Waals surface area contributed by atoms with Gasteiger partial charge in [0.1, 0.15) is 0 Å². The van der Waals surface area contributed by atoms with Crippen LogP contribution in [0.2, 0.25) is 0 Å². The molecular formula is C22H29N7O2. The molecule has 3 aromatic heterocycles. The molecule has 1 fully saturated rings. The third-order valence-corrected chi connectivity index (χ3v) is 6.48. The van der Waals surface area contributed by atoms with E-state index in [0.717, 1.165) is 38.2 Å². The minimum absolute atomic E-state index is 0.140. The van der Waals surface area contributed by atoms with Crippen LogP contribution in [0.15, 0.2) is 34.0 Å². The zero-order valence-electron chi connectivity index (χ0n) is 18.4. The van der Waals surface area contributed by atoms with Crippen LogP contribution in [0.1, 0.15) is 41.0 Å². The number of piperidine rings is 1. The molecule has 31 heavy (non-hydrogen) atoms. The van der Waals surface area contributed by atoms with Crippen molar-refractivity contribution in [3.05, 3.63) is 63.7 Å². The van der Waals surface area contributed by atoms with Gasteiger partial charge in [-0.2, -0.15) is 4.98 Å². The van der Waals surface area contributed by atoms with Crippen LogP contribution in [0.25, 0.3) is 0 Å². The lowest BCUT2D eigenvalue weighted by Crippen LogP contribution is -2.47. The maximum atomic E-state index is 13.3. The van der Waals surface area contributed by atoms with Crippen LogP contribution in [0, 0.1) is 12.8 Å². The van der Waals surface area contributed by atoms with Crippen molar-refractivity contribution < 1.29 is 4.52 Å². The summed E-state index contributed by atoms with van der Waals surface area (Å²) >= 11 is 0. The molecule has 1 saturated heterocycles. The predicted octanol–water partition coefficient (Wildman–Crippen LogP) is 1.52. The van der Waals surface area contributed by atoms with E-state index in [-0.39, 0.29) is 5.56 Å². The summed E-state index contributed by atoms with van der Waals surface area (Å²) < 4.78 is 9.31. The molecule has 0 radical (unpaired) electrons. The standard InChI is InChI=1S/C22H29N7O2/c1-15-24-21(31-25-15)13-26(2)10-17-4-5-20-18-6-16(9-29(20)22(17)30)8-28(11-18)12-19-7-23-14-27(19)3/h4-5,7,14,16,18H,6,8-13H2,1-3H3/t16-,18+/m0/s1. The van der Waals surface area contributed by atoms with Gasteiger partial charge >= 0.3 is 0 Å². The van der Waals surface area contributed by atoms with Crippen LogP contribution in [0.4, 0.5) is 0 Å². The van der Waals surface area contributed by atoms with Crippen molar-refractivity contribution >= 4 is 0 Å². The Morgan fingerprint density at radius 3 is 2.84 bits per heavy atom. The summed E-state index contributed by atoms with van der Waals surface area (Å²) in [6.07, 6.45) is 4.96. The molecule has 0 unspecified atom stereocenters. The van der Waals surface area contributed by atoms with E-state index in [1.807, 2.05) is 42.2 Å². The first kappa shape index (κ1) is 20.1. The number of pyridine rings is 1. The van der Waals surface area contributed by atoms with Crippen LogP contribution >= 0.6 is 0 Å². The zero-order valence-corrected chi connectivity index (χ0v) is 18.4. The summed E-state index contributed by atoms with van der Waals surface area (Å²) in [4.78, 5) is 26.3. The number of imidazole rings is 1. The second-order valence-corrected chi connectivity index (χ2v) is 9.10. The van der Waals surface area contributed by atoms with Crippen molar-refractivity contribution in [3.8, 4) is 0 Å². The number of aryl methyl sites for hydroxylation is 2. The normalized spacial score (nSPS) is 20.9. The highest BCUT2D eigenvalue weighted by atomic mass is 16.5. The largest absolute Gasteiger partial charge is 0.338 e. The molecule has 9 heteroatoms. The molecule has 2 atom stereocenters. The third-order valence-electron chi connectivity index (χ3n) is 6.48. The molecule has 5 rings (SSSR count). The number of hydrogen-bond donors (Lipinski definition) is 0. The van der Waals surface area contributed by atoms with Gasteiger partial charge in [0, 0.05) is 63.1 Å². The van der Waals surface area contributed by atoms with Gasteiger partial charge in [-0.3, -0.25) is 14.6 Å². The first-order chi connectivity index (χ1) is 15.0. The molecule has 0 saturated carbocycles. The van der Waals surface area contributed by atoms with Crippen molar-refractivity contribution in [2.75, 3.05) is 20.1 Å². The molecule has 0 spiro atoms. The van der Waals surface area contributed by atoms with Gasteiger partial charge in [-0.1, -0.05) is 11.2 Å². The Labute approximate surface area is 181 Å². The van der Waals surface area contributed by atoms with Crippen LogP contribution in [0.5, 0.6) is 0 Å². The van der Waals surface area contributed by atoms with Crippen molar-refractivity contribution in [3.63, 3.8) is 0 Å². The number of nitrogens with zero attached hydrogens (tertiary/aromatic N) is 7. The van der Waals surface area contributed by atoms with Gasteiger partial charge < -0.3 is 13.7 Å². The molecule has 0 amide bonds. The summed E-state index contributed by atoms with van der Waals surface area (Å²) in [6.45, 7) is 6.60. The van der Waals surface area contributed by atoms with Gasteiger partial charge in [-0.15, -0.1) is 0 Å².